The summed E-state index contributed by atoms with van der Waals surface area (Å²) < 4.78 is 13.6. The van der Waals surface area contributed by atoms with Gasteiger partial charge in [0.15, 0.2) is 0 Å². The monoisotopic (exact) mass is 209 g/mol. The smallest absolute Gasteiger partial charge is 0.126 e. The summed E-state index contributed by atoms with van der Waals surface area (Å²) in [5, 5.41) is 3.29. The number of nitrogens with one attached hydrogen (secondary N) is 1. The Labute approximate surface area is 91.7 Å². The van der Waals surface area contributed by atoms with Crippen LogP contribution in [0.2, 0.25) is 0 Å². The topological polar surface area (TPSA) is 12.0 Å². The average molecular weight is 209 g/mol. The largest absolute Gasteiger partial charge is 0.316 e. The van der Waals surface area contributed by atoms with E-state index in [9.17, 15) is 4.39 Å². The third-order valence-corrected chi connectivity index (χ3v) is 2.54. The maximum atomic E-state index is 13.6. The molecule has 0 unspecified atom stereocenters. The summed E-state index contributed by atoms with van der Waals surface area (Å²) in [6, 6.07) is 3.65. The lowest BCUT2D eigenvalue weighted by Gasteiger charge is -2.09. The van der Waals surface area contributed by atoms with E-state index in [1.807, 2.05) is 19.9 Å². The van der Waals surface area contributed by atoms with Crippen molar-refractivity contribution in [1.82, 2.24) is 5.32 Å². The number of aryl methyl sites for hydroxylation is 2. The first-order valence-corrected chi connectivity index (χ1v) is 5.61. The number of hydrogen-bond donors (Lipinski definition) is 1. The van der Waals surface area contributed by atoms with Crippen LogP contribution in [0.1, 0.15) is 30.0 Å². The lowest BCUT2D eigenvalue weighted by atomic mass is 10.0. The van der Waals surface area contributed by atoms with Gasteiger partial charge in [-0.3, -0.25) is 0 Å². The number of rotatable bonds is 5. The van der Waals surface area contributed by atoms with E-state index in [-0.39, 0.29) is 5.82 Å². The first-order valence-electron chi connectivity index (χ1n) is 5.61. The average Bonchev–Trinajstić information content (AvgIpc) is 2.15. The molecule has 0 saturated heterocycles. The van der Waals surface area contributed by atoms with Gasteiger partial charge in [-0.2, -0.15) is 0 Å². The molecular formula is C13H20FN. The Kier molecular flexibility index (Phi) is 4.76. The van der Waals surface area contributed by atoms with Gasteiger partial charge >= 0.3 is 0 Å². The first-order chi connectivity index (χ1) is 7.15. The standard InChI is InChI=1S/C13H20FN/c1-4-6-15-7-5-12-11(3)8-10(2)9-13(12)14/h8-9,15H,4-7H2,1-3H3. The molecule has 1 aromatic rings. The van der Waals surface area contributed by atoms with Crippen LogP contribution in [0.4, 0.5) is 4.39 Å². The summed E-state index contributed by atoms with van der Waals surface area (Å²) in [7, 11) is 0. The minimum absolute atomic E-state index is 0.0641. The Morgan fingerprint density at radius 3 is 2.53 bits per heavy atom. The van der Waals surface area contributed by atoms with Crippen LogP contribution >= 0.6 is 0 Å². The van der Waals surface area contributed by atoms with Crippen molar-refractivity contribution in [3.05, 3.63) is 34.6 Å². The predicted octanol–water partition coefficient (Wildman–Crippen LogP) is 2.98. The second-order valence-electron chi connectivity index (χ2n) is 4.04. The fourth-order valence-corrected chi connectivity index (χ4v) is 1.78. The number of benzene rings is 1. The molecule has 0 amide bonds. The molecule has 15 heavy (non-hydrogen) atoms. The summed E-state index contributed by atoms with van der Waals surface area (Å²) >= 11 is 0. The van der Waals surface area contributed by atoms with E-state index in [4.69, 9.17) is 0 Å². The summed E-state index contributed by atoms with van der Waals surface area (Å²) in [6.07, 6.45) is 1.90. The summed E-state index contributed by atoms with van der Waals surface area (Å²) in [5.41, 5.74) is 2.91. The molecule has 1 nitrogen and oxygen atoms in total. The van der Waals surface area contributed by atoms with E-state index in [1.54, 1.807) is 6.07 Å². The van der Waals surface area contributed by atoms with Crippen molar-refractivity contribution in [3.8, 4) is 0 Å². The third kappa shape index (κ3) is 3.63. The van der Waals surface area contributed by atoms with E-state index in [0.29, 0.717) is 0 Å². The molecule has 1 aromatic carbocycles. The number of hydrogen-bond acceptors (Lipinski definition) is 1. The van der Waals surface area contributed by atoms with Crippen LogP contribution < -0.4 is 5.32 Å². The van der Waals surface area contributed by atoms with Gasteiger partial charge in [0, 0.05) is 0 Å². The highest BCUT2D eigenvalue weighted by Crippen LogP contribution is 2.15. The Balaban J connectivity index is 2.60. The van der Waals surface area contributed by atoms with Gasteiger partial charge in [0.05, 0.1) is 0 Å². The summed E-state index contributed by atoms with van der Waals surface area (Å²) in [5.74, 6) is -0.0641. The van der Waals surface area contributed by atoms with E-state index in [2.05, 4.69) is 12.2 Å². The van der Waals surface area contributed by atoms with Crippen molar-refractivity contribution in [2.45, 2.75) is 33.6 Å². The SMILES string of the molecule is CCCNCCc1c(C)cc(C)cc1F. The Bertz CT molecular complexity index is 297. The first kappa shape index (κ1) is 12.2. The molecule has 0 aromatic heterocycles. The van der Waals surface area contributed by atoms with Crippen molar-refractivity contribution in [3.63, 3.8) is 0 Å². The van der Waals surface area contributed by atoms with Crippen molar-refractivity contribution in [1.29, 1.82) is 0 Å². The molecular weight excluding hydrogens is 189 g/mol. The molecule has 0 saturated carbocycles. The van der Waals surface area contributed by atoms with Crippen molar-refractivity contribution in [2.24, 2.45) is 0 Å². The molecule has 0 aliphatic heterocycles. The molecule has 0 heterocycles. The van der Waals surface area contributed by atoms with Crippen LogP contribution in [0.5, 0.6) is 0 Å². The van der Waals surface area contributed by atoms with Crippen LogP contribution in [-0.2, 0) is 6.42 Å². The Morgan fingerprint density at radius 1 is 1.20 bits per heavy atom. The molecule has 1 rings (SSSR count). The fraction of sp³-hybridized carbons (Fsp3) is 0.538. The van der Waals surface area contributed by atoms with Crippen LogP contribution in [-0.4, -0.2) is 13.1 Å². The molecule has 84 valence electrons. The Hall–Kier alpha value is -0.890. The molecule has 1 N–H and O–H groups in total. The van der Waals surface area contributed by atoms with Crippen molar-refractivity contribution < 1.29 is 4.39 Å². The summed E-state index contributed by atoms with van der Waals surface area (Å²) in [6.45, 7) is 7.90. The second-order valence-corrected chi connectivity index (χ2v) is 4.04. The molecule has 0 atom stereocenters. The molecule has 0 spiro atoms. The molecule has 0 radical (unpaired) electrons. The lowest BCUT2D eigenvalue weighted by Crippen LogP contribution is -2.18. The van der Waals surface area contributed by atoms with Gasteiger partial charge in [-0.15, -0.1) is 0 Å². The van der Waals surface area contributed by atoms with Gasteiger partial charge in [0.2, 0.25) is 0 Å². The maximum Gasteiger partial charge on any atom is 0.126 e. The van der Waals surface area contributed by atoms with Gasteiger partial charge in [-0.1, -0.05) is 13.0 Å². The van der Waals surface area contributed by atoms with Crippen LogP contribution in [0.25, 0.3) is 0 Å². The van der Waals surface area contributed by atoms with E-state index < -0.39 is 0 Å². The van der Waals surface area contributed by atoms with Crippen LogP contribution in [0, 0.1) is 19.7 Å². The van der Waals surface area contributed by atoms with E-state index in [0.717, 1.165) is 42.6 Å². The highest BCUT2D eigenvalue weighted by Gasteiger charge is 2.05. The van der Waals surface area contributed by atoms with E-state index >= 15 is 0 Å². The zero-order chi connectivity index (χ0) is 11.3. The zero-order valence-electron chi connectivity index (χ0n) is 9.86. The van der Waals surface area contributed by atoms with Crippen molar-refractivity contribution in [2.75, 3.05) is 13.1 Å². The van der Waals surface area contributed by atoms with E-state index in [1.165, 1.54) is 0 Å². The summed E-state index contributed by atoms with van der Waals surface area (Å²) in [4.78, 5) is 0. The highest BCUT2D eigenvalue weighted by molar-refractivity contribution is 5.32. The fourth-order valence-electron chi connectivity index (χ4n) is 1.78. The molecule has 0 aliphatic rings. The third-order valence-electron chi connectivity index (χ3n) is 2.54. The molecule has 0 bridgehead atoms. The normalized spacial score (nSPS) is 10.7. The lowest BCUT2D eigenvalue weighted by molar-refractivity contribution is 0.593. The van der Waals surface area contributed by atoms with Gasteiger partial charge in [-0.25, -0.2) is 4.39 Å². The second kappa shape index (κ2) is 5.86. The van der Waals surface area contributed by atoms with Gasteiger partial charge in [0.1, 0.15) is 5.82 Å². The Morgan fingerprint density at radius 2 is 1.93 bits per heavy atom. The maximum absolute atomic E-state index is 13.6. The number of halogens is 1. The molecule has 2 heteroatoms. The van der Waals surface area contributed by atoms with Crippen LogP contribution in [0.3, 0.4) is 0 Å². The minimum atomic E-state index is -0.0641. The minimum Gasteiger partial charge on any atom is -0.316 e. The van der Waals surface area contributed by atoms with Crippen LogP contribution in [0.15, 0.2) is 12.1 Å². The van der Waals surface area contributed by atoms with Gasteiger partial charge in [0.25, 0.3) is 0 Å². The predicted molar refractivity (Wildman–Crippen MR) is 62.7 cm³/mol. The van der Waals surface area contributed by atoms with Gasteiger partial charge < -0.3 is 5.32 Å². The van der Waals surface area contributed by atoms with Crippen molar-refractivity contribution >= 4 is 0 Å². The molecule has 0 aliphatic carbocycles. The highest BCUT2D eigenvalue weighted by atomic mass is 19.1. The zero-order valence-corrected chi connectivity index (χ0v) is 9.86. The quantitative estimate of drug-likeness (QED) is 0.735. The molecule has 0 fully saturated rings. The van der Waals surface area contributed by atoms with Gasteiger partial charge in [-0.05, 0) is 62.5 Å².